The molecule has 0 amide bonds. The molecule has 0 aliphatic heterocycles. The maximum Gasteiger partial charge on any atom is 0.189 e. The molecule has 1 N–H and O–H groups in total. The van der Waals surface area contributed by atoms with E-state index in [0.29, 0.717) is 11.3 Å². The Hall–Kier alpha value is -2.67. The van der Waals surface area contributed by atoms with Gasteiger partial charge in [-0.25, -0.2) is 0 Å². The second-order valence-electron chi connectivity index (χ2n) is 6.03. The number of nitriles is 1. The molecule has 1 aliphatic carbocycles. The average molecular weight is 306 g/mol. The number of aromatic nitrogens is 1. The fourth-order valence-electron chi connectivity index (χ4n) is 3.26. The van der Waals surface area contributed by atoms with Crippen LogP contribution in [0.2, 0.25) is 0 Å². The SMILES string of the molecule is Cc1[nH]c2ccccc2c1C(=O)[C@H](C#N)C(=O)C[C@@H]1C=CCC1. The zero-order chi connectivity index (χ0) is 16.4. The van der Waals surface area contributed by atoms with E-state index < -0.39 is 11.7 Å². The Bertz CT molecular complexity index is 839. The number of ketones is 2. The van der Waals surface area contributed by atoms with Gasteiger partial charge < -0.3 is 4.98 Å². The number of para-hydroxylation sites is 1. The van der Waals surface area contributed by atoms with Crippen molar-refractivity contribution < 1.29 is 9.59 Å². The largest absolute Gasteiger partial charge is 0.358 e. The molecule has 116 valence electrons. The number of hydrogen-bond donors (Lipinski definition) is 1. The number of aromatic amines is 1. The standard InChI is InChI=1S/C19H18N2O2/c1-12-18(14-8-4-5-9-16(14)21-12)19(23)15(11-20)17(22)10-13-6-2-3-7-13/h2,4-6,8-9,13,15,21H,3,7,10H2,1H3/t13-,15-/m1/s1. The van der Waals surface area contributed by atoms with Gasteiger partial charge in [0.2, 0.25) is 0 Å². The lowest BCUT2D eigenvalue weighted by molar-refractivity contribution is -0.120. The summed E-state index contributed by atoms with van der Waals surface area (Å²) in [5.74, 6) is -1.73. The lowest BCUT2D eigenvalue weighted by Crippen LogP contribution is -2.24. The predicted octanol–water partition coefficient (Wildman–Crippen LogP) is 3.72. The zero-order valence-electron chi connectivity index (χ0n) is 13.0. The number of nitrogens with zero attached hydrogens (tertiary/aromatic N) is 1. The number of nitrogens with one attached hydrogen (secondary N) is 1. The third-order valence-corrected chi connectivity index (χ3v) is 4.43. The monoisotopic (exact) mass is 306 g/mol. The Morgan fingerprint density at radius 2 is 2.17 bits per heavy atom. The van der Waals surface area contributed by atoms with E-state index in [4.69, 9.17) is 0 Å². The number of benzene rings is 1. The zero-order valence-corrected chi connectivity index (χ0v) is 13.0. The number of hydrogen-bond acceptors (Lipinski definition) is 3. The van der Waals surface area contributed by atoms with Crippen LogP contribution in [0.3, 0.4) is 0 Å². The van der Waals surface area contributed by atoms with Crippen LogP contribution in [0, 0.1) is 30.1 Å². The van der Waals surface area contributed by atoms with Gasteiger partial charge in [-0.05, 0) is 31.7 Å². The van der Waals surface area contributed by atoms with Gasteiger partial charge in [0.15, 0.2) is 17.5 Å². The van der Waals surface area contributed by atoms with Crippen LogP contribution in [0.15, 0.2) is 36.4 Å². The molecule has 0 unspecified atom stereocenters. The van der Waals surface area contributed by atoms with Gasteiger partial charge in [0.25, 0.3) is 0 Å². The van der Waals surface area contributed by atoms with Crippen molar-refractivity contribution in [3.63, 3.8) is 0 Å². The highest BCUT2D eigenvalue weighted by Gasteiger charge is 2.31. The summed E-state index contributed by atoms with van der Waals surface area (Å²) in [6.45, 7) is 1.80. The molecule has 4 heteroatoms. The van der Waals surface area contributed by atoms with Crippen molar-refractivity contribution in [1.29, 1.82) is 5.26 Å². The van der Waals surface area contributed by atoms with Crippen molar-refractivity contribution in [2.75, 3.05) is 0 Å². The molecule has 1 aromatic carbocycles. The lowest BCUT2D eigenvalue weighted by atomic mass is 9.88. The number of H-pyrrole nitrogens is 1. The van der Waals surface area contributed by atoms with Gasteiger partial charge >= 0.3 is 0 Å². The Morgan fingerprint density at radius 1 is 1.39 bits per heavy atom. The number of fused-ring (bicyclic) bond motifs is 1. The summed E-state index contributed by atoms with van der Waals surface area (Å²) < 4.78 is 0. The van der Waals surface area contributed by atoms with Gasteiger partial charge in [-0.3, -0.25) is 9.59 Å². The average Bonchev–Trinajstić information content (AvgIpc) is 3.14. The van der Waals surface area contributed by atoms with Crippen LogP contribution in [0.4, 0.5) is 0 Å². The Morgan fingerprint density at radius 3 is 2.87 bits per heavy atom. The van der Waals surface area contributed by atoms with Gasteiger partial charge in [-0.1, -0.05) is 30.4 Å². The maximum atomic E-state index is 12.8. The molecule has 4 nitrogen and oxygen atoms in total. The van der Waals surface area contributed by atoms with Crippen LogP contribution in [0.5, 0.6) is 0 Å². The molecule has 0 spiro atoms. The molecule has 0 fully saturated rings. The number of allylic oxidation sites excluding steroid dienone is 2. The molecular formula is C19H18N2O2. The number of aryl methyl sites for hydroxylation is 1. The number of Topliss-reactive ketones (excluding diaryl/α,β-unsaturated/α-hetero) is 2. The minimum absolute atomic E-state index is 0.162. The van der Waals surface area contributed by atoms with Crippen molar-refractivity contribution in [2.24, 2.45) is 11.8 Å². The Labute approximate surface area is 134 Å². The van der Waals surface area contributed by atoms with Crippen molar-refractivity contribution in [1.82, 2.24) is 4.98 Å². The molecule has 1 aliphatic rings. The predicted molar refractivity (Wildman–Crippen MR) is 88.0 cm³/mol. The summed E-state index contributed by atoms with van der Waals surface area (Å²) in [6.07, 6.45) is 6.20. The van der Waals surface area contributed by atoms with Crippen molar-refractivity contribution in [3.05, 3.63) is 47.7 Å². The second kappa shape index (κ2) is 6.21. The molecule has 3 rings (SSSR count). The fraction of sp³-hybridized carbons (Fsp3) is 0.316. The molecule has 1 aromatic heterocycles. The highest BCUT2D eigenvalue weighted by molar-refractivity contribution is 6.18. The van der Waals surface area contributed by atoms with Gasteiger partial charge in [0.1, 0.15) is 0 Å². The summed E-state index contributed by atoms with van der Waals surface area (Å²) >= 11 is 0. The number of rotatable bonds is 5. The molecule has 2 atom stereocenters. The van der Waals surface area contributed by atoms with Gasteiger partial charge in [-0.2, -0.15) is 5.26 Å². The first-order valence-corrected chi connectivity index (χ1v) is 7.82. The Kier molecular flexibility index (Phi) is 4.12. The summed E-state index contributed by atoms with van der Waals surface area (Å²) in [7, 11) is 0. The first kappa shape index (κ1) is 15.2. The third-order valence-electron chi connectivity index (χ3n) is 4.43. The van der Waals surface area contributed by atoms with Crippen LogP contribution in [0.1, 0.15) is 35.3 Å². The molecule has 0 bridgehead atoms. The van der Waals surface area contributed by atoms with E-state index in [0.717, 1.165) is 23.7 Å². The normalized spacial score (nSPS) is 18.0. The van der Waals surface area contributed by atoms with Gasteiger partial charge in [0, 0.05) is 28.6 Å². The van der Waals surface area contributed by atoms with Crippen LogP contribution in [0.25, 0.3) is 10.9 Å². The van der Waals surface area contributed by atoms with Crippen LogP contribution < -0.4 is 0 Å². The first-order valence-electron chi connectivity index (χ1n) is 7.82. The van der Waals surface area contributed by atoms with E-state index >= 15 is 0 Å². The van der Waals surface area contributed by atoms with E-state index in [2.05, 4.69) is 4.98 Å². The second-order valence-corrected chi connectivity index (χ2v) is 6.03. The molecular weight excluding hydrogens is 288 g/mol. The van der Waals surface area contributed by atoms with E-state index in [1.165, 1.54) is 0 Å². The number of carbonyl (C=O) groups is 2. The summed E-state index contributed by atoms with van der Waals surface area (Å²) in [5.41, 5.74) is 2.00. The minimum atomic E-state index is -1.22. The van der Waals surface area contributed by atoms with Crippen molar-refractivity contribution in [2.45, 2.75) is 26.2 Å². The first-order chi connectivity index (χ1) is 11.1. The van der Waals surface area contributed by atoms with Crippen molar-refractivity contribution in [3.8, 4) is 6.07 Å². The van der Waals surface area contributed by atoms with E-state index in [1.54, 1.807) is 6.92 Å². The third kappa shape index (κ3) is 2.83. The molecule has 1 heterocycles. The highest BCUT2D eigenvalue weighted by atomic mass is 16.1. The van der Waals surface area contributed by atoms with Gasteiger partial charge in [0.05, 0.1) is 6.07 Å². The smallest absolute Gasteiger partial charge is 0.189 e. The quantitative estimate of drug-likeness (QED) is 0.519. The number of carbonyl (C=O) groups excluding carboxylic acids is 2. The van der Waals surface area contributed by atoms with E-state index in [-0.39, 0.29) is 18.1 Å². The van der Waals surface area contributed by atoms with Crippen LogP contribution in [-0.4, -0.2) is 16.6 Å². The molecule has 0 radical (unpaired) electrons. The lowest BCUT2D eigenvalue weighted by Gasteiger charge is -2.11. The topological polar surface area (TPSA) is 73.7 Å². The summed E-state index contributed by atoms with van der Waals surface area (Å²) in [4.78, 5) is 28.4. The van der Waals surface area contributed by atoms with Crippen LogP contribution >= 0.6 is 0 Å². The molecule has 2 aromatic rings. The fourth-order valence-corrected chi connectivity index (χ4v) is 3.26. The van der Waals surface area contributed by atoms with Crippen molar-refractivity contribution >= 4 is 22.5 Å². The molecule has 0 saturated heterocycles. The summed E-state index contributed by atoms with van der Waals surface area (Å²) in [6, 6.07) is 9.36. The Balaban J connectivity index is 1.90. The molecule has 0 saturated carbocycles. The maximum absolute atomic E-state index is 12.8. The van der Waals surface area contributed by atoms with Crippen LogP contribution in [-0.2, 0) is 4.79 Å². The highest BCUT2D eigenvalue weighted by Crippen LogP contribution is 2.27. The van der Waals surface area contributed by atoms with E-state index in [9.17, 15) is 14.9 Å². The summed E-state index contributed by atoms with van der Waals surface area (Å²) in [5, 5.41) is 10.2. The van der Waals surface area contributed by atoms with Gasteiger partial charge in [-0.15, -0.1) is 0 Å². The van der Waals surface area contributed by atoms with E-state index in [1.807, 2.05) is 42.5 Å². The minimum Gasteiger partial charge on any atom is -0.358 e. The molecule has 23 heavy (non-hydrogen) atoms.